The van der Waals surface area contributed by atoms with Gasteiger partial charge in [0.15, 0.2) is 0 Å². The lowest BCUT2D eigenvalue weighted by Crippen LogP contribution is -2.43. The average Bonchev–Trinajstić information content (AvgIpc) is 2.68. The highest BCUT2D eigenvalue weighted by molar-refractivity contribution is 5.94. The molecule has 1 aromatic heterocycles. The van der Waals surface area contributed by atoms with Gasteiger partial charge in [-0.05, 0) is 31.2 Å². The van der Waals surface area contributed by atoms with Gasteiger partial charge in [-0.15, -0.1) is 0 Å². The van der Waals surface area contributed by atoms with Crippen LogP contribution in [0.15, 0.2) is 6.07 Å². The van der Waals surface area contributed by atoms with Crippen molar-refractivity contribution in [2.75, 3.05) is 11.9 Å². The number of nitrogens with one attached hydrogen (secondary N) is 2. The molecule has 2 N–H and O–H groups in total. The van der Waals surface area contributed by atoms with E-state index in [0.717, 1.165) is 43.7 Å². The summed E-state index contributed by atoms with van der Waals surface area (Å²) in [5, 5.41) is 10.7. The molecular formula is C15H26N4O. The van der Waals surface area contributed by atoms with E-state index in [4.69, 9.17) is 0 Å². The zero-order valence-electron chi connectivity index (χ0n) is 13.0. The molecule has 5 nitrogen and oxygen atoms in total. The van der Waals surface area contributed by atoms with Crippen molar-refractivity contribution in [1.82, 2.24) is 15.1 Å². The maximum absolute atomic E-state index is 12.2. The van der Waals surface area contributed by atoms with Gasteiger partial charge >= 0.3 is 0 Å². The van der Waals surface area contributed by atoms with Crippen LogP contribution in [0.2, 0.25) is 0 Å². The van der Waals surface area contributed by atoms with Gasteiger partial charge in [0.05, 0.1) is 11.7 Å². The Labute approximate surface area is 121 Å². The summed E-state index contributed by atoms with van der Waals surface area (Å²) in [6.45, 7) is 7.49. The number of amides is 1. The first kappa shape index (κ1) is 15.0. The SMILES string of the molecule is Cn1nc(CC(C)(C)C)cc1NC(=O)C1CCCCN1. The van der Waals surface area contributed by atoms with Gasteiger partial charge in [-0.1, -0.05) is 27.2 Å². The van der Waals surface area contributed by atoms with Gasteiger partial charge in [0.1, 0.15) is 5.82 Å². The Morgan fingerprint density at radius 2 is 2.25 bits per heavy atom. The lowest BCUT2D eigenvalue weighted by molar-refractivity contribution is -0.118. The van der Waals surface area contributed by atoms with Gasteiger partial charge in [0, 0.05) is 13.1 Å². The Bertz CT molecular complexity index is 467. The van der Waals surface area contributed by atoms with Gasteiger partial charge in [-0.25, -0.2) is 0 Å². The van der Waals surface area contributed by atoms with Crippen molar-refractivity contribution in [2.24, 2.45) is 12.5 Å². The van der Waals surface area contributed by atoms with Crippen LogP contribution in [0, 0.1) is 5.41 Å². The van der Waals surface area contributed by atoms with Crippen molar-refractivity contribution >= 4 is 11.7 Å². The first-order valence-corrected chi connectivity index (χ1v) is 7.42. The van der Waals surface area contributed by atoms with E-state index in [0.29, 0.717) is 0 Å². The fraction of sp³-hybridized carbons (Fsp3) is 0.733. The molecule has 0 aliphatic carbocycles. The van der Waals surface area contributed by atoms with E-state index >= 15 is 0 Å². The molecule has 20 heavy (non-hydrogen) atoms. The van der Waals surface area contributed by atoms with Gasteiger partial charge in [0.25, 0.3) is 0 Å². The Hall–Kier alpha value is -1.36. The second kappa shape index (κ2) is 5.95. The molecule has 0 radical (unpaired) electrons. The fourth-order valence-electron chi connectivity index (χ4n) is 2.56. The Kier molecular flexibility index (Phi) is 4.48. The number of aromatic nitrogens is 2. The second-order valence-corrected chi connectivity index (χ2v) is 6.87. The second-order valence-electron chi connectivity index (χ2n) is 6.87. The molecule has 0 saturated carbocycles. The number of carbonyl (C=O) groups is 1. The molecule has 1 atom stereocenters. The van der Waals surface area contributed by atoms with E-state index in [9.17, 15) is 4.79 Å². The summed E-state index contributed by atoms with van der Waals surface area (Å²) in [6, 6.07) is 1.91. The van der Waals surface area contributed by atoms with Crippen molar-refractivity contribution in [3.05, 3.63) is 11.8 Å². The number of carbonyl (C=O) groups excluding carboxylic acids is 1. The van der Waals surface area contributed by atoms with Crippen LogP contribution >= 0.6 is 0 Å². The molecule has 0 aromatic carbocycles. The number of rotatable bonds is 3. The lowest BCUT2D eigenvalue weighted by atomic mass is 9.91. The molecule has 0 spiro atoms. The Morgan fingerprint density at radius 1 is 1.50 bits per heavy atom. The minimum Gasteiger partial charge on any atom is -0.310 e. The lowest BCUT2D eigenvalue weighted by Gasteiger charge is -2.22. The van der Waals surface area contributed by atoms with Crippen LogP contribution in [-0.2, 0) is 18.3 Å². The Balaban J connectivity index is 2.00. The summed E-state index contributed by atoms with van der Waals surface area (Å²) < 4.78 is 1.75. The number of hydrogen-bond donors (Lipinski definition) is 2. The molecule has 2 rings (SSSR count). The topological polar surface area (TPSA) is 59.0 Å². The monoisotopic (exact) mass is 278 g/mol. The molecule has 5 heteroatoms. The summed E-state index contributed by atoms with van der Waals surface area (Å²) in [7, 11) is 1.87. The van der Waals surface area contributed by atoms with Gasteiger partial charge in [-0.2, -0.15) is 5.10 Å². The summed E-state index contributed by atoms with van der Waals surface area (Å²) in [4.78, 5) is 12.2. The Morgan fingerprint density at radius 3 is 2.85 bits per heavy atom. The minimum absolute atomic E-state index is 0.0509. The minimum atomic E-state index is -0.0651. The number of piperidine rings is 1. The first-order chi connectivity index (χ1) is 9.35. The highest BCUT2D eigenvalue weighted by Crippen LogP contribution is 2.21. The largest absolute Gasteiger partial charge is 0.310 e. The van der Waals surface area contributed by atoms with Gasteiger partial charge in [-0.3, -0.25) is 9.48 Å². The van der Waals surface area contributed by atoms with E-state index < -0.39 is 0 Å². The molecule has 1 aliphatic rings. The van der Waals surface area contributed by atoms with E-state index in [2.05, 4.69) is 36.5 Å². The van der Waals surface area contributed by atoms with E-state index in [1.165, 1.54) is 0 Å². The van der Waals surface area contributed by atoms with E-state index in [1.54, 1.807) is 4.68 Å². The van der Waals surface area contributed by atoms with E-state index in [1.807, 2.05) is 13.1 Å². The molecule has 1 aliphatic heterocycles. The predicted octanol–water partition coefficient (Wildman–Crippen LogP) is 2.09. The van der Waals surface area contributed by atoms with Crippen molar-refractivity contribution in [1.29, 1.82) is 0 Å². The molecule has 1 saturated heterocycles. The van der Waals surface area contributed by atoms with Crippen LogP contribution in [0.25, 0.3) is 0 Å². The maximum atomic E-state index is 12.2. The van der Waals surface area contributed by atoms with Crippen LogP contribution < -0.4 is 10.6 Å². The summed E-state index contributed by atoms with van der Waals surface area (Å²) in [5.74, 6) is 0.830. The molecule has 1 aromatic rings. The quantitative estimate of drug-likeness (QED) is 0.890. The molecular weight excluding hydrogens is 252 g/mol. The highest BCUT2D eigenvalue weighted by atomic mass is 16.2. The molecule has 1 amide bonds. The maximum Gasteiger partial charge on any atom is 0.242 e. The zero-order valence-corrected chi connectivity index (χ0v) is 13.0. The van der Waals surface area contributed by atoms with Crippen LogP contribution in [0.3, 0.4) is 0 Å². The van der Waals surface area contributed by atoms with Crippen molar-refractivity contribution in [3.63, 3.8) is 0 Å². The molecule has 2 heterocycles. The third kappa shape index (κ3) is 4.07. The van der Waals surface area contributed by atoms with Crippen LogP contribution in [0.1, 0.15) is 45.7 Å². The van der Waals surface area contributed by atoms with Crippen molar-refractivity contribution in [2.45, 2.75) is 52.5 Å². The summed E-state index contributed by atoms with van der Waals surface area (Å²) >= 11 is 0. The summed E-state index contributed by atoms with van der Waals surface area (Å²) in [6.07, 6.45) is 4.09. The number of aryl methyl sites for hydroxylation is 1. The number of nitrogens with zero attached hydrogens (tertiary/aromatic N) is 2. The van der Waals surface area contributed by atoms with E-state index in [-0.39, 0.29) is 17.4 Å². The average molecular weight is 278 g/mol. The third-order valence-corrected chi connectivity index (χ3v) is 3.52. The van der Waals surface area contributed by atoms with Crippen LogP contribution in [0.4, 0.5) is 5.82 Å². The smallest absolute Gasteiger partial charge is 0.242 e. The highest BCUT2D eigenvalue weighted by Gasteiger charge is 2.22. The summed E-state index contributed by atoms with van der Waals surface area (Å²) in [5.41, 5.74) is 1.22. The van der Waals surface area contributed by atoms with Crippen LogP contribution in [-0.4, -0.2) is 28.3 Å². The first-order valence-electron chi connectivity index (χ1n) is 7.42. The van der Waals surface area contributed by atoms with Crippen molar-refractivity contribution in [3.8, 4) is 0 Å². The molecule has 0 bridgehead atoms. The number of hydrogen-bond acceptors (Lipinski definition) is 3. The van der Waals surface area contributed by atoms with Gasteiger partial charge in [0.2, 0.25) is 5.91 Å². The number of anilines is 1. The third-order valence-electron chi connectivity index (χ3n) is 3.52. The van der Waals surface area contributed by atoms with Crippen LogP contribution in [0.5, 0.6) is 0 Å². The fourth-order valence-corrected chi connectivity index (χ4v) is 2.56. The molecule has 112 valence electrons. The standard InChI is InChI=1S/C15H26N4O/c1-15(2,3)10-11-9-13(19(4)18-11)17-14(20)12-7-5-6-8-16-12/h9,12,16H,5-8,10H2,1-4H3,(H,17,20). The predicted molar refractivity (Wildman–Crippen MR) is 80.6 cm³/mol. The van der Waals surface area contributed by atoms with Crippen molar-refractivity contribution < 1.29 is 4.79 Å². The molecule has 1 unspecified atom stereocenters. The zero-order chi connectivity index (χ0) is 14.8. The van der Waals surface area contributed by atoms with Gasteiger partial charge < -0.3 is 10.6 Å². The molecule has 1 fully saturated rings. The normalized spacial score (nSPS) is 19.9.